The summed E-state index contributed by atoms with van der Waals surface area (Å²) < 4.78 is 11.6. The second kappa shape index (κ2) is 4.16. The molecule has 3 heteroatoms. The van der Waals surface area contributed by atoms with Crippen LogP contribution in [-0.2, 0) is 4.74 Å². The summed E-state index contributed by atoms with van der Waals surface area (Å²) in [5.41, 5.74) is 1.27. The number of esters is 1. The molecule has 0 N–H and O–H groups in total. The maximum absolute atomic E-state index is 12.2. The van der Waals surface area contributed by atoms with Gasteiger partial charge in [0.15, 0.2) is 0 Å². The number of fused-ring (bicyclic) bond motifs is 1. The van der Waals surface area contributed by atoms with Crippen LogP contribution in [-0.4, -0.2) is 11.8 Å². The molecule has 1 spiro atoms. The Bertz CT molecular complexity index is 498. The van der Waals surface area contributed by atoms with Crippen LogP contribution in [0.2, 0.25) is 0 Å². The first-order chi connectivity index (χ1) is 8.74. The van der Waals surface area contributed by atoms with Crippen molar-refractivity contribution in [1.82, 2.24) is 0 Å². The van der Waals surface area contributed by atoms with Crippen molar-refractivity contribution in [1.29, 1.82) is 0 Å². The Labute approximate surface area is 106 Å². The zero-order valence-corrected chi connectivity index (χ0v) is 10.3. The van der Waals surface area contributed by atoms with Crippen molar-refractivity contribution in [2.24, 2.45) is 0 Å². The van der Waals surface area contributed by atoms with Crippen LogP contribution in [0.15, 0.2) is 24.8 Å². The smallest absolute Gasteiger partial charge is 0.345 e. The summed E-state index contributed by atoms with van der Waals surface area (Å²) in [5, 5.41) is 0. The molecule has 1 aromatic rings. The molecule has 1 aromatic carbocycles. The van der Waals surface area contributed by atoms with Crippen LogP contribution in [0.25, 0.3) is 6.08 Å². The molecule has 0 radical (unpaired) electrons. The van der Waals surface area contributed by atoms with E-state index in [9.17, 15) is 4.79 Å². The van der Waals surface area contributed by atoms with Gasteiger partial charge < -0.3 is 9.47 Å². The summed E-state index contributed by atoms with van der Waals surface area (Å²) >= 11 is 0. The second-order valence-electron chi connectivity index (χ2n) is 4.89. The van der Waals surface area contributed by atoms with Gasteiger partial charge in [0.1, 0.15) is 11.3 Å². The second-order valence-corrected chi connectivity index (χ2v) is 4.89. The van der Waals surface area contributed by atoms with Crippen LogP contribution >= 0.6 is 0 Å². The number of benzene rings is 1. The molecule has 1 aliphatic heterocycles. The van der Waals surface area contributed by atoms with E-state index >= 15 is 0 Å². The van der Waals surface area contributed by atoms with Gasteiger partial charge in [-0.05, 0) is 24.5 Å². The lowest BCUT2D eigenvalue weighted by Crippen LogP contribution is -2.46. The van der Waals surface area contributed by atoms with Crippen molar-refractivity contribution in [3.63, 3.8) is 0 Å². The lowest BCUT2D eigenvalue weighted by molar-refractivity contribution is -0.172. The Morgan fingerprint density at radius 3 is 2.67 bits per heavy atom. The molecule has 1 aliphatic carbocycles. The molecule has 1 heterocycles. The zero-order valence-electron chi connectivity index (χ0n) is 10.3. The summed E-state index contributed by atoms with van der Waals surface area (Å²) in [6.45, 7) is 3.71. The summed E-state index contributed by atoms with van der Waals surface area (Å²) in [6.07, 6.45) is 6.51. The molecule has 0 amide bonds. The average Bonchev–Trinajstić information content (AvgIpc) is 2.38. The molecule has 0 unspecified atom stereocenters. The minimum atomic E-state index is -0.720. The summed E-state index contributed by atoms with van der Waals surface area (Å²) in [4.78, 5) is 12.2. The monoisotopic (exact) mass is 244 g/mol. The van der Waals surface area contributed by atoms with Crippen molar-refractivity contribution < 1.29 is 14.3 Å². The predicted molar refractivity (Wildman–Crippen MR) is 68.4 cm³/mol. The van der Waals surface area contributed by atoms with E-state index in [0.717, 1.165) is 31.2 Å². The van der Waals surface area contributed by atoms with Crippen LogP contribution < -0.4 is 4.74 Å². The number of ether oxygens (including phenoxy) is 2. The lowest BCUT2D eigenvalue weighted by Gasteiger charge is -2.40. The SMILES string of the molecule is C=Cc1cccc2c1C(=O)OC1(CCCCC1)O2. The van der Waals surface area contributed by atoms with Gasteiger partial charge in [-0.25, -0.2) is 4.79 Å². The summed E-state index contributed by atoms with van der Waals surface area (Å²) in [5.74, 6) is -0.374. The highest BCUT2D eigenvalue weighted by atomic mass is 16.7. The third-order valence-electron chi connectivity index (χ3n) is 3.67. The fourth-order valence-corrected chi connectivity index (χ4v) is 2.76. The topological polar surface area (TPSA) is 35.5 Å². The molecular weight excluding hydrogens is 228 g/mol. The molecular formula is C15H16O3. The first-order valence-electron chi connectivity index (χ1n) is 6.42. The molecule has 0 atom stereocenters. The van der Waals surface area contributed by atoms with Gasteiger partial charge in [0.25, 0.3) is 5.79 Å². The number of carbonyl (C=O) groups is 1. The summed E-state index contributed by atoms with van der Waals surface area (Å²) in [6, 6.07) is 5.55. The molecule has 3 nitrogen and oxygen atoms in total. The average molecular weight is 244 g/mol. The first-order valence-corrected chi connectivity index (χ1v) is 6.42. The lowest BCUT2D eigenvalue weighted by atomic mass is 9.92. The third kappa shape index (κ3) is 1.70. The number of carbonyl (C=O) groups excluding carboxylic acids is 1. The number of rotatable bonds is 1. The Balaban J connectivity index is 2.02. The van der Waals surface area contributed by atoms with E-state index in [4.69, 9.17) is 9.47 Å². The molecule has 3 rings (SSSR count). The normalized spacial score (nSPS) is 20.8. The fraction of sp³-hybridized carbons (Fsp3) is 0.400. The molecule has 94 valence electrons. The van der Waals surface area contributed by atoms with Gasteiger partial charge in [-0.2, -0.15) is 0 Å². The van der Waals surface area contributed by atoms with Crippen molar-refractivity contribution in [3.05, 3.63) is 35.9 Å². The highest BCUT2D eigenvalue weighted by molar-refractivity contribution is 5.97. The van der Waals surface area contributed by atoms with Gasteiger partial charge in [0.05, 0.1) is 0 Å². The maximum Gasteiger partial charge on any atom is 0.345 e. The summed E-state index contributed by atoms with van der Waals surface area (Å²) in [7, 11) is 0. The first kappa shape index (κ1) is 11.3. The molecule has 0 saturated heterocycles. The van der Waals surface area contributed by atoms with Crippen molar-refractivity contribution in [2.75, 3.05) is 0 Å². The van der Waals surface area contributed by atoms with E-state index in [1.807, 2.05) is 18.2 Å². The van der Waals surface area contributed by atoms with Gasteiger partial charge in [-0.15, -0.1) is 0 Å². The van der Waals surface area contributed by atoms with Crippen molar-refractivity contribution >= 4 is 12.0 Å². The highest BCUT2D eigenvalue weighted by Gasteiger charge is 2.43. The van der Waals surface area contributed by atoms with E-state index < -0.39 is 5.79 Å². The molecule has 1 saturated carbocycles. The minimum Gasteiger partial charge on any atom is -0.451 e. The van der Waals surface area contributed by atoms with Gasteiger partial charge in [0, 0.05) is 12.8 Å². The Hall–Kier alpha value is -1.77. The highest BCUT2D eigenvalue weighted by Crippen LogP contribution is 2.41. The largest absolute Gasteiger partial charge is 0.451 e. The number of hydrogen-bond donors (Lipinski definition) is 0. The molecule has 2 aliphatic rings. The van der Waals surface area contributed by atoms with E-state index in [1.165, 1.54) is 6.42 Å². The molecule has 1 fully saturated rings. The molecule has 18 heavy (non-hydrogen) atoms. The van der Waals surface area contributed by atoms with Crippen LogP contribution in [0.4, 0.5) is 0 Å². The van der Waals surface area contributed by atoms with Gasteiger partial charge in [0.2, 0.25) is 0 Å². The number of hydrogen-bond acceptors (Lipinski definition) is 3. The van der Waals surface area contributed by atoms with Gasteiger partial charge in [-0.3, -0.25) is 0 Å². The van der Waals surface area contributed by atoms with Crippen LogP contribution in [0.3, 0.4) is 0 Å². The van der Waals surface area contributed by atoms with Crippen LogP contribution in [0, 0.1) is 0 Å². The third-order valence-corrected chi connectivity index (χ3v) is 3.67. The van der Waals surface area contributed by atoms with Crippen LogP contribution in [0.1, 0.15) is 48.0 Å². The van der Waals surface area contributed by atoms with E-state index in [1.54, 1.807) is 6.08 Å². The Morgan fingerprint density at radius 1 is 1.17 bits per heavy atom. The Morgan fingerprint density at radius 2 is 1.94 bits per heavy atom. The van der Waals surface area contributed by atoms with Gasteiger partial charge >= 0.3 is 5.97 Å². The molecule has 0 aromatic heterocycles. The standard InChI is InChI=1S/C15H16O3/c1-2-11-7-6-8-12-13(11)14(16)18-15(17-12)9-4-3-5-10-15/h2,6-8H,1,3-5,9-10H2. The van der Waals surface area contributed by atoms with E-state index in [-0.39, 0.29) is 5.97 Å². The van der Waals surface area contributed by atoms with E-state index in [2.05, 4.69) is 6.58 Å². The minimum absolute atomic E-state index is 0.284. The Kier molecular flexibility index (Phi) is 2.62. The van der Waals surface area contributed by atoms with Gasteiger partial charge in [-0.1, -0.05) is 31.2 Å². The predicted octanol–water partition coefficient (Wildman–Crippen LogP) is 3.54. The quantitative estimate of drug-likeness (QED) is 0.709. The van der Waals surface area contributed by atoms with E-state index in [0.29, 0.717) is 11.3 Å². The zero-order chi connectivity index (χ0) is 12.6. The van der Waals surface area contributed by atoms with Crippen LogP contribution in [0.5, 0.6) is 5.75 Å². The van der Waals surface area contributed by atoms with Crippen molar-refractivity contribution in [3.8, 4) is 5.75 Å². The van der Waals surface area contributed by atoms with Crippen molar-refractivity contribution in [2.45, 2.75) is 37.9 Å². The fourth-order valence-electron chi connectivity index (χ4n) is 2.76. The maximum atomic E-state index is 12.2. The molecule has 0 bridgehead atoms.